The molecule has 0 aromatic heterocycles. The quantitative estimate of drug-likeness (QED) is 0.703. The molecule has 0 amide bonds. The predicted octanol–water partition coefficient (Wildman–Crippen LogP) is 4.85. The summed E-state index contributed by atoms with van der Waals surface area (Å²) < 4.78 is 16.1. The number of rotatable bonds is 5. The molecule has 2 aromatic carbocycles. The van der Waals surface area contributed by atoms with Crippen molar-refractivity contribution in [2.45, 2.75) is 4.83 Å². The molecular weight excluding hydrogens is 356 g/mol. The molecule has 0 bridgehead atoms. The Hall–Kier alpha value is -1.39. The third-order valence-corrected chi connectivity index (χ3v) is 4.45. The van der Waals surface area contributed by atoms with Gasteiger partial charge >= 0.3 is 0 Å². The van der Waals surface area contributed by atoms with Crippen LogP contribution in [0.25, 0.3) is 0 Å². The molecule has 21 heavy (non-hydrogen) atoms. The summed E-state index contributed by atoms with van der Waals surface area (Å²) in [6, 6.07) is 11.4. The van der Waals surface area contributed by atoms with Gasteiger partial charge < -0.3 is 14.2 Å². The smallest absolute Gasteiger partial charge is 0.164 e. The minimum absolute atomic E-state index is 0.0375. The van der Waals surface area contributed by atoms with Crippen LogP contribution in [0.2, 0.25) is 5.02 Å². The van der Waals surface area contributed by atoms with Crippen molar-refractivity contribution in [3.63, 3.8) is 0 Å². The Morgan fingerprint density at radius 2 is 1.38 bits per heavy atom. The molecule has 1 unspecified atom stereocenters. The molecule has 0 aliphatic rings. The molecule has 2 aromatic rings. The summed E-state index contributed by atoms with van der Waals surface area (Å²) in [6.45, 7) is 0. The first-order valence-corrected chi connectivity index (χ1v) is 7.59. The van der Waals surface area contributed by atoms with Crippen molar-refractivity contribution in [1.29, 1.82) is 0 Å². The molecule has 0 N–H and O–H groups in total. The Bertz CT molecular complexity index is 614. The normalized spacial score (nSPS) is 11.9. The summed E-state index contributed by atoms with van der Waals surface area (Å²) in [5, 5.41) is 0.706. The fraction of sp³-hybridized carbons (Fsp3) is 0.250. The molecule has 1 atom stereocenters. The van der Waals surface area contributed by atoms with Crippen LogP contribution >= 0.6 is 27.5 Å². The summed E-state index contributed by atoms with van der Waals surface area (Å²) in [7, 11) is 4.84. The van der Waals surface area contributed by atoms with E-state index in [0.29, 0.717) is 16.5 Å². The highest BCUT2D eigenvalue weighted by atomic mass is 79.9. The van der Waals surface area contributed by atoms with Gasteiger partial charge in [-0.15, -0.1) is 0 Å². The number of benzene rings is 2. The second-order valence-corrected chi connectivity index (χ2v) is 5.72. The van der Waals surface area contributed by atoms with Crippen LogP contribution in [0.1, 0.15) is 16.0 Å². The second kappa shape index (κ2) is 7.05. The molecule has 5 heteroatoms. The van der Waals surface area contributed by atoms with Gasteiger partial charge in [-0.1, -0.05) is 39.7 Å². The van der Waals surface area contributed by atoms with Crippen molar-refractivity contribution in [2.75, 3.05) is 21.3 Å². The Kier molecular flexibility index (Phi) is 5.37. The highest BCUT2D eigenvalue weighted by molar-refractivity contribution is 9.09. The zero-order valence-corrected chi connectivity index (χ0v) is 14.4. The first-order chi connectivity index (χ1) is 10.1. The lowest BCUT2D eigenvalue weighted by Crippen LogP contribution is -2.00. The van der Waals surface area contributed by atoms with Gasteiger partial charge in [0, 0.05) is 16.7 Å². The van der Waals surface area contributed by atoms with Crippen LogP contribution in [-0.4, -0.2) is 21.3 Å². The maximum absolute atomic E-state index is 5.93. The van der Waals surface area contributed by atoms with Crippen molar-refractivity contribution in [3.8, 4) is 17.2 Å². The van der Waals surface area contributed by atoms with Crippen molar-refractivity contribution >= 4 is 27.5 Å². The van der Waals surface area contributed by atoms with Gasteiger partial charge in [0.15, 0.2) is 11.5 Å². The fourth-order valence-electron chi connectivity index (χ4n) is 2.06. The van der Waals surface area contributed by atoms with Crippen LogP contribution < -0.4 is 14.2 Å². The van der Waals surface area contributed by atoms with Crippen molar-refractivity contribution < 1.29 is 14.2 Å². The minimum Gasteiger partial charge on any atom is -0.496 e. The van der Waals surface area contributed by atoms with E-state index < -0.39 is 0 Å². The van der Waals surface area contributed by atoms with Crippen LogP contribution in [-0.2, 0) is 0 Å². The lowest BCUT2D eigenvalue weighted by molar-refractivity contribution is 0.347. The summed E-state index contributed by atoms with van der Waals surface area (Å²) in [5.41, 5.74) is 2.03. The summed E-state index contributed by atoms with van der Waals surface area (Å²) in [4.78, 5) is -0.0375. The summed E-state index contributed by atoms with van der Waals surface area (Å²) in [5.74, 6) is 2.02. The van der Waals surface area contributed by atoms with Crippen LogP contribution in [0.5, 0.6) is 17.2 Å². The van der Waals surface area contributed by atoms with E-state index in [1.54, 1.807) is 21.3 Å². The molecule has 0 saturated heterocycles. The molecule has 0 aliphatic carbocycles. The lowest BCUT2D eigenvalue weighted by Gasteiger charge is -2.18. The Labute approximate surface area is 137 Å². The third-order valence-electron chi connectivity index (χ3n) is 3.17. The highest BCUT2D eigenvalue weighted by Crippen LogP contribution is 2.42. The largest absolute Gasteiger partial charge is 0.496 e. The first-order valence-electron chi connectivity index (χ1n) is 6.30. The van der Waals surface area contributed by atoms with Crippen LogP contribution in [0.4, 0.5) is 0 Å². The maximum Gasteiger partial charge on any atom is 0.164 e. The highest BCUT2D eigenvalue weighted by Gasteiger charge is 2.19. The first kappa shape index (κ1) is 16.0. The van der Waals surface area contributed by atoms with Crippen LogP contribution in [0, 0.1) is 0 Å². The van der Waals surface area contributed by atoms with Crippen molar-refractivity contribution in [2.24, 2.45) is 0 Å². The van der Waals surface area contributed by atoms with Crippen molar-refractivity contribution in [1.82, 2.24) is 0 Å². The molecular formula is C16H16BrClO3. The number of hydrogen-bond acceptors (Lipinski definition) is 3. The number of halogens is 2. The predicted molar refractivity (Wildman–Crippen MR) is 88.3 cm³/mol. The Morgan fingerprint density at radius 1 is 0.857 bits per heavy atom. The van der Waals surface area contributed by atoms with E-state index in [2.05, 4.69) is 15.9 Å². The number of methoxy groups -OCH3 is 3. The zero-order chi connectivity index (χ0) is 15.4. The molecule has 0 aliphatic heterocycles. The molecule has 0 radical (unpaired) electrons. The van der Waals surface area contributed by atoms with Gasteiger partial charge in [0.1, 0.15) is 5.75 Å². The number of ether oxygens (including phenoxy) is 3. The van der Waals surface area contributed by atoms with E-state index in [1.807, 2.05) is 36.4 Å². The van der Waals surface area contributed by atoms with Gasteiger partial charge in [0.2, 0.25) is 0 Å². The number of alkyl halides is 1. The average Bonchev–Trinajstić information content (AvgIpc) is 2.53. The zero-order valence-electron chi connectivity index (χ0n) is 12.0. The average molecular weight is 372 g/mol. The topological polar surface area (TPSA) is 27.7 Å². The van der Waals surface area contributed by atoms with E-state index in [1.165, 1.54) is 0 Å². The van der Waals surface area contributed by atoms with E-state index in [0.717, 1.165) is 16.9 Å². The molecule has 3 nitrogen and oxygen atoms in total. The second-order valence-electron chi connectivity index (χ2n) is 4.36. The van der Waals surface area contributed by atoms with E-state index in [9.17, 15) is 0 Å². The molecule has 2 rings (SSSR count). The molecule has 112 valence electrons. The monoisotopic (exact) mass is 370 g/mol. The van der Waals surface area contributed by atoms with Gasteiger partial charge in [-0.3, -0.25) is 0 Å². The third kappa shape index (κ3) is 3.44. The number of hydrogen-bond donors (Lipinski definition) is 0. The van der Waals surface area contributed by atoms with Gasteiger partial charge in [0.25, 0.3) is 0 Å². The van der Waals surface area contributed by atoms with Crippen molar-refractivity contribution in [3.05, 3.63) is 52.5 Å². The standard InChI is InChI=1S/C16H16BrClO3/c1-19-13-9-15(21-3)14(20-2)8-12(13)16(17)10-4-6-11(18)7-5-10/h4-9,16H,1-3H3. The van der Waals surface area contributed by atoms with E-state index in [-0.39, 0.29) is 4.83 Å². The summed E-state index contributed by atoms with van der Waals surface area (Å²) in [6.07, 6.45) is 0. The van der Waals surface area contributed by atoms with Gasteiger partial charge in [0.05, 0.1) is 26.2 Å². The molecule has 0 saturated carbocycles. The molecule has 0 heterocycles. The molecule has 0 spiro atoms. The Morgan fingerprint density at radius 3 is 1.90 bits per heavy atom. The van der Waals surface area contributed by atoms with E-state index in [4.69, 9.17) is 25.8 Å². The van der Waals surface area contributed by atoms with Gasteiger partial charge in [-0.05, 0) is 23.8 Å². The van der Waals surface area contributed by atoms with Gasteiger partial charge in [-0.2, -0.15) is 0 Å². The fourth-order valence-corrected chi connectivity index (χ4v) is 2.85. The maximum atomic E-state index is 5.93. The van der Waals surface area contributed by atoms with Crippen LogP contribution in [0.15, 0.2) is 36.4 Å². The summed E-state index contributed by atoms with van der Waals surface area (Å²) >= 11 is 9.63. The van der Waals surface area contributed by atoms with Crippen LogP contribution in [0.3, 0.4) is 0 Å². The lowest BCUT2D eigenvalue weighted by atomic mass is 10.0. The Balaban J connectivity index is 2.48. The van der Waals surface area contributed by atoms with Gasteiger partial charge in [-0.25, -0.2) is 0 Å². The SMILES string of the molecule is COc1cc(OC)c(C(Br)c2ccc(Cl)cc2)cc1OC. The minimum atomic E-state index is -0.0375. The van der Waals surface area contributed by atoms with E-state index >= 15 is 0 Å². The molecule has 0 fully saturated rings.